The third kappa shape index (κ3) is 3.60. The van der Waals surface area contributed by atoms with Gasteiger partial charge >= 0.3 is 0 Å². The molecule has 0 bridgehead atoms. The predicted octanol–water partition coefficient (Wildman–Crippen LogP) is 2.04. The molecule has 0 saturated carbocycles. The van der Waals surface area contributed by atoms with Crippen molar-refractivity contribution in [2.45, 2.75) is 12.6 Å². The number of nitrogens with one attached hydrogen (secondary N) is 1. The van der Waals surface area contributed by atoms with Gasteiger partial charge in [0.1, 0.15) is 5.82 Å². The SMILES string of the molecule is COc1ncccc1CN1C[C@@H]2[C@@H](CNc3ccccn3)CO[C@@H]2C1. The molecule has 6 nitrogen and oxygen atoms in total. The van der Waals surface area contributed by atoms with E-state index in [0.717, 1.165) is 44.2 Å². The first-order chi connectivity index (χ1) is 12.3. The molecule has 2 aromatic rings. The molecule has 0 amide bonds. The molecule has 4 rings (SSSR count). The number of methoxy groups -OCH3 is 1. The Hall–Kier alpha value is -2.18. The summed E-state index contributed by atoms with van der Waals surface area (Å²) in [5.74, 6) is 2.74. The largest absolute Gasteiger partial charge is 0.481 e. The van der Waals surface area contributed by atoms with E-state index in [1.165, 1.54) is 0 Å². The van der Waals surface area contributed by atoms with Crippen molar-refractivity contribution >= 4 is 5.82 Å². The lowest BCUT2D eigenvalue weighted by Gasteiger charge is -2.20. The van der Waals surface area contributed by atoms with Crippen molar-refractivity contribution in [3.8, 4) is 5.88 Å². The molecule has 6 heteroatoms. The fourth-order valence-electron chi connectivity index (χ4n) is 3.89. The maximum atomic E-state index is 6.05. The fourth-order valence-corrected chi connectivity index (χ4v) is 3.89. The standard InChI is InChI=1S/C19H24N4O2/c1-24-19-14(5-4-8-21-19)10-23-11-16-15(13-25-17(16)12-23)9-22-18-6-2-3-7-20-18/h2-8,15-17H,9-13H2,1H3,(H,20,22)/t15-,16+,17+/m0/s1. The number of nitrogens with zero attached hydrogens (tertiary/aromatic N) is 3. The Morgan fingerprint density at radius 2 is 2.12 bits per heavy atom. The minimum Gasteiger partial charge on any atom is -0.481 e. The molecule has 0 aliphatic carbocycles. The summed E-state index contributed by atoms with van der Waals surface area (Å²) in [5.41, 5.74) is 1.13. The Bertz CT molecular complexity index is 697. The van der Waals surface area contributed by atoms with Crippen LogP contribution in [-0.2, 0) is 11.3 Å². The van der Waals surface area contributed by atoms with Gasteiger partial charge in [0, 0.05) is 56.0 Å². The Morgan fingerprint density at radius 3 is 2.96 bits per heavy atom. The summed E-state index contributed by atoms with van der Waals surface area (Å²) in [6, 6.07) is 9.98. The lowest BCUT2D eigenvalue weighted by atomic mass is 9.93. The number of ether oxygens (including phenoxy) is 2. The van der Waals surface area contributed by atoms with E-state index < -0.39 is 0 Å². The molecule has 2 saturated heterocycles. The Kier molecular flexibility index (Phi) is 4.81. The van der Waals surface area contributed by atoms with E-state index in [4.69, 9.17) is 9.47 Å². The Morgan fingerprint density at radius 1 is 1.20 bits per heavy atom. The molecule has 0 spiro atoms. The zero-order chi connectivity index (χ0) is 17.1. The van der Waals surface area contributed by atoms with E-state index in [1.807, 2.05) is 30.5 Å². The van der Waals surface area contributed by atoms with E-state index >= 15 is 0 Å². The van der Waals surface area contributed by atoms with Gasteiger partial charge in [-0.1, -0.05) is 12.1 Å². The van der Waals surface area contributed by atoms with E-state index in [0.29, 0.717) is 23.8 Å². The molecule has 2 fully saturated rings. The van der Waals surface area contributed by atoms with Gasteiger partial charge in [-0.05, 0) is 18.2 Å². The van der Waals surface area contributed by atoms with Crippen LogP contribution in [0.5, 0.6) is 5.88 Å². The van der Waals surface area contributed by atoms with Crippen LogP contribution in [0.15, 0.2) is 42.7 Å². The molecule has 3 atom stereocenters. The van der Waals surface area contributed by atoms with Crippen LogP contribution in [0.1, 0.15) is 5.56 Å². The topological polar surface area (TPSA) is 59.5 Å². The maximum absolute atomic E-state index is 6.05. The molecule has 2 aliphatic rings. The Labute approximate surface area is 148 Å². The van der Waals surface area contributed by atoms with Crippen LogP contribution in [0.25, 0.3) is 0 Å². The highest BCUT2D eigenvalue weighted by Gasteiger charge is 2.43. The summed E-state index contributed by atoms with van der Waals surface area (Å²) in [4.78, 5) is 11.1. The van der Waals surface area contributed by atoms with Gasteiger partial charge in [-0.3, -0.25) is 4.90 Å². The van der Waals surface area contributed by atoms with Gasteiger partial charge in [-0.25, -0.2) is 9.97 Å². The van der Waals surface area contributed by atoms with Crippen LogP contribution >= 0.6 is 0 Å². The number of anilines is 1. The number of aromatic nitrogens is 2. The van der Waals surface area contributed by atoms with Crippen molar-refractivity contribution in [2.24, 2.45) is 11.8 Å². The second-order valence-electron chi connectivity index (χ2n) is 6.76. The van der Waals surface area contributed by atoms with E-state index in [9.17, 15) is 0 Å². The summed E-state index contributed by atoms with van der Waals surface area (Å²) in [5, 5.41) is 3.44. The summed E-state index contributed by atoms with van der Waals surface area (Å²) in [7, 11) is 1.67. The van der Waals surface area contributed by atoms with Crippen LogP contribution in [-0.4, -0.2) is 54.3 Å². The van der Waals surface area contributed by atoms with Crippen LogP contribution < -0.4 is 10.1 Å². The van der Waals surface area contributed by atoms with Gasteiger partial charge in [-0.2, -0.15) is 0 Å². The first-order valence-electron chi connectivity index (χ1n) is 8.80. The van der Waals surface area contributed by atoms with Crippen molar-refractivity contribution < 1.29 is 9.47 Å². The van der Waals surface area contributed by atoms with E-state index in [-0.39, 0.29) is 0 Å². The minimum absolute atomic E-state index is 0.332. The first kappa shape index (κ1) is 16.3. The third-order valence-corrected chi connectivity index (χ3v) is 5.16. The normalized spacial score (nSPS) is 25.7. The van der Waals surface area contributed by atoms with Gasteiger partial charge in [0.2, 0.25) is 5.88 Å². The van der Waals surface area contributed by atoms with Crippen molar-refractivity contribution in [3.63, 3.8) is 0 Å². The molecule has 1 N–H and O–H groups in total. The highest BCUT2D eigenvalue weighted by atomic mass is 16.5. The van der Waals surface area contributed by atoms with Gasteiger partial charge in [0.15, 0.2) is 0 Å². The number of fused-ring (bicyclic) bond motifs is 1. The summed E-state index contributed by atoms with van der Waals surface area (Å²) < 4.78 is 11.4. The molecule has 25 heavy (non-hydrogen) atoms. The summed E-state index contributed by atoms with van der Waals surface area (Å²) >= 11 is 0. The van der Waals surface area contributed by atoms with Gasteiger partial charge < -0.3 is 14.8 Å². The van der Waals surface area contributed by atoms with Crippen molar-refractivity contribution in [3.05, 3.63) is 48.3 Å². The van der Waals surface area contributed by atoms with Crippen molar-refractivity contribution in [1.29, 1.82) is 0 Å². The molecule has 132 valence electrons. The number of likely N-dealkylation sites (tertiary alicyclic amines) is 1. The monoisotopic (exact) mass is 340 g/mol. The number of hydrogen-bond donors (Lipinski definition) is 1. The summed E-state index contributed by atoms with van der Waals surface area (Å²) in [6.07, 6.45) is 3.91. The predicted molar refractivity (Wildman–Crippen MR) is 95.5 cm³/mol. The quantitative estimate of drug-likeness (QED) is 0.868. The lowest BCUT2D eigenvalue weighted by molar-refractivity contribution is 0.0944. The van der Waals surface area contributed by atoms with Crippen LogP contribution in [0.4, 0.5) is 5.82 Å². The average Bonchev–Trinajstić information content (AvgIpc) is 3.22. The van der Waals surface area contributed by atoms with Crippen LogP contribution in [0.3, 0.4) is 0 Å². The zero-order valence-corrected chi connectivity index (χ0v) is 14.5. The Balaban J connectivity index is 1.35. The molecule has 0 radical (unpaired) electrons. The van der Waals surface area contributed by atoms with Crippen molar-refractivity contribution in [2.75, 3.05) is 38.7 Å². The molecule has 2 aromatic heterocycles. The smallest absolute Gasteiger partial charge is 0.217 e. The van der Waals surface area contributed by atoms with E-state index in [2.05, 4.69) is 26.3 Å². The highest BCUT2D eigenvalue weighted by Crippen LogP contribution is 2.34. The van der Waals surface area contributed by atoms with Crippen molar-refractivity contribution in [1.82, 2.24) is 14.9 Å². The molecule has 0 unspecified atom stereocenters. The summed E-state index contributed by atoms with van der Waals surface area (Å²) in [6.45, 7) is 4.62. The zero-order valence-electron chi connectivity index (χ0n) is 14.5. The number of hydrogen-bond acceptors (Lipinski definition) is 6. The lowest BCUT2D eigenvalue weighted by Crippen LogP contribution is -2.27. The fraction of sp³-hybridized carbons (Fsp3) is 0.474. The number of rotatable bonds is 6. The van der Waals surface area contributed by atoms with Gasteiger partial charge in [0.05, 0.1) is 19.8 Å². The maximum Gasteiger partial charge on any atom is 0.217 e. The molecule has 0 aromatic carbocycles. The second kappa shape index (κ2) is 7.37. The van der Waals surface area contributed by atoms with Crippen LogP contribution in [0.2, 0.25) is 0 Å². The molecule has 2 aliphatic heterocycles. The third-order valence-electron chi connectivity index (χ3n) is 5.16. The van der Waals surface area contributed by atoms with Gasteiger partial charge in [0.25, 0.3) is 0 Å². The molecular weight excluding hydrogens is 316 g/mol. The van der Waals surface area contributed by atoms with Crippen LogP contribution in [0, 0.1) is 11.8 Å². The molecular formula is C19H24N4O2. The van der Waals surface area contributed by atoms with Gasteiger partial charge in [-0.15, -0.1) is 0 Å². The average molecular weight is 340 g/mol. The highest BCUT2D eigenvalue weighted by molar-refractivity contribution is 5.33. The minimum atomic E-state index is 0.332. The van der Waals surface area contributed by atoms with E-state index in [1.54, 1.807) is 13.3 Å². The molecule has 4 heterocycles. The second-order valence-corrected chi connectivity index (χ2v) is 6.76. The number of pyridine rings is 2. The first-order valence-corrected chi connectivity index (χ1v) is 8.80.